The molecule has 0 aromatic heterocycles. The largest absolute Gasteiger partial charge is 0.503 e. The first-order valence-electron chi connectivity index (χ1n) is 5.81. The molecule has 1 unspecified atom stereocenters. The lowest BCUT2D eigenvalue weighted by Crippen LogP contribution is -1.81. The molecule has 2 rings (SSSR count). The summed E-state index contributed by atoms with van der Waals surface area (Å²) < 4.78 is -0.347. The topological polar surface area (TPSA) is 115 Å². The Kier molecular flexibility index (Phi) is 11.8. The molecule has 0 radical (unpaired) electrons. The third-order valence-electron chi connectivity index (χ3n) is 2.39. The summed E-state index contributed by atoms with van der Waals surface area (Å²) in [6.45, 7) is 2.04. The van der Waals surface area contributed by atoms with Crippen LogP contribution in [0.3, 0.4) is 0 Å². The summed E-state index contributed by atoms with van der Waals surface area (Å²) in [4.78, 5) is 17.1. The van der Waals surface area contributed by atoms with Gasteiger partial charge >= 0.3 is 12.3 Å². The van der Waals surface area contributed by atoms with Crippen molar-refractivity contribution in [1.82, 2.24) is 0 Å². The Morgan fingerprint density at radius 2 is 1.00 bits per heavy atom. The maximum atomic E-state index is 8.56. The van der Waals surface area contributed by atoms with Gasteiger partial charge in [0.25, 0.3) is 0 Å². The number of carbonyl (C=O) groups is 2. The van der Waals surface area contributed by atoms with Crippen molar-refractivity contribution in [2.45, 2.75) is 49.8 Å². The van der Waals surface area contributed by atoms with Crippen LogP contribution < -0.4 is 0 Å². The molecule has 114 valence electrons. The molecule has 4 N–H and O–H groups in total. The molecule has 19 heavy (non-hydrogen) atoms. The molecule has 0 heterocycles. The first-order valence-corrected chi connectivity index (χ1v) is 6.56. The van der Waals surface area contributed by atoms with E-state index in [-0.39, 0.29) is 4.33 Å². The van der Waals surface area contributed by atoms with Gasteiger partial charge in [-0.25, -0.2) is 9.59 Å². The third kappa shape index (κ3) is 22.7. The van der Waals surface area contributed by atoms with Gasteiger partial charge in [-0.15, -0.1) is 23.2 Å². The number of hydrogen-bond acceptors (Lipinski definition) is 2. The quantitative estimate of drug-likeness (QED) is 0.485. The molecule has 2 fully saturated rings. The van der Waals surface area contributed by atoms with E-state index in [0.29, 0.717) is 5.92 Å². The first-order chi connectivity index (χ1) is 8.59. The van der Waals surface area contributed by atoms with Crippen molar-refractivity contribution in [3.63, 3.8) is 0 Å². The summed E-state index contributed by atoms with van der Waals surface area (Å²) in [5, 5.41) is 27.9. The van der Waals surface area contributed by atoms with Gasteiger partial charge in [0.1, 0.15) is 4.33 Å². The second-order valence-electron chi connectivity index (χ2n) is 4.20. The van der Waals surface area contributed by atoms with Crippen molar-refractivity contribution in [3.05, 3.63) is 0 Å². The number of rotatable bonds is 0. The second kappa shape index (κ2) is 11.0. The van der Waals surface area contributed by atoms with Crippen molar-refractivity contribution in [1.29, 1.82) is 0 Å². The van der Waals surface area contributed by atoms with Crippen LogP contribution in [0.1, 0.15) is 45.4 Å². The van der Waals surface area contributed by atoms with E-state index in [1.54, 1.807) is 0 Å². The van der Waals surface area contributed by atoms with Gasteiger partial charge in [0, 0.05) is 0 Å². The van der Waals surface area contributed by atoms with Gasteiger partial charge in [-0.05, 0) is 12.3 Å². The van der Waals surface area contributed by atoms with Gasteiger partial charge in [0.15, 0.2) is 0 Å². The Balaban J connectivity index is 0. The van der Waals surface area contributed by atoms with E-state index in [1.165, 1.54) is 32.1 Å². The average Bonchev–Trinajstić information content (AvgIpc) is 2.70. The lowest BCUT2D eigenvalue weighted by atomic mass is 10.4. The van der Waals surface area contributed by atoms with Crippen LogP contribution in [0.4, 0.5) is 9.59 Å². The van der Waals surface area contributed by atoms with E-state index in [2.05, 4.69) is 0 Å². The zero-order valence-corrected chi connectivity index (χ0v) is 12.2. The van der Waals surface area contributed by atoms with Crippen LogP contribution in [-0.4, -0.2) is 37.1 Å². The first kappa shape index (κ1) is 20.4. The lowest BCUT2D eigenvalue weighted by Gasteiger charge is -1.85. The molecule has 2 saturated carbocycles. The van der Waals surface area contributed by atoms with Gasteiger partial charge < -0.3 is 20.4 Å². The van der Waals surface area contributed by atoms with Gasteiger partial charge in [0.05, 0.1) is 0 Å². The number of halogens is 2. The summed E-state index contributed by atoms with van der Waals surface area (Å²) in [7, 11) is 0. The van der Waals surface area contributed by atoms with Crippen LogP contribution in [0, 0.1) is 5.92 Å². The Labute approximate surface area is 122 Å². The Hall–Kier alpha value is -0.880. The van der Waals surface area contributed by atoms with Gasteiger partial charge in [-0.2, -0.15) is 0 Å². The highest BCUT2D eigenvalue weighted by Gasteiger charge is 2.47. The minimum Gasteiger partial charge on any atom is -0.450 e. The zero-order chi connectivity index (χ0) is 15.5. The van der Waals surface area contributed by atoms with Crippen LogP contribution in [-0.2, 0) is 0 Å². The van der Waals surface area contributed by atoms with E-state index in [4.69, 9.17) is 53.2 Å². The van der Waals surface area contributed by atoms with Crippen LogP contribution in [0.2, 0.25) is 0 Å². The lowest BCUT2D eigenvalue weighted by molar-refractivity contribution is 0.135. The SMILES string of the molecule is C1CCCC1.CC1CC1(Cl)Cl.O=C(O)O.O=C(O)O. The van der Waals surface area contributed by atoms with E-state index in [9.17, 15) is 0 Å². The highest BCUT2D eigenvalue weighted by molar-refractivity contribution is 6.50. The summed E-state index contributed by atoms with van der Waals surface area (Å²) in [5.74, 6) is 0.529. The monoisotopic (exact) mass is 318 g/mol. The minimum absolute atomic E-state index is 0.347. The minimum atomic E-state index is -1.83. The van der Waals surface area contributed by atoms with E-state index < -0.39 is 12.3 Å². The van der Waals surface area contributed by atoms with Crippen LogP contribution >= 0.6 is 23.2 Å². The average molecular weight is 319 g/mol. The molecule has 2 aliphatic rings. The smallest absolute Gasteiger partial charge is 0.450 e. The number of carboxylic acid groups (broad SMARTS) is 4. The second-order valence-corrected chi connectivity index (χ2v) is 5.74. The molecule has 0 amide bonds. The van der Waals surface area contributed by atoms with Crippen LogP contribution in [0.25, 0.3) is 0 Å². The van der Waals surface area contributed by atoms with Gasteiger partial charge in [-0.3, -0.25) is 0 Å². The Morgan fingerprint density at radius 3 is 1.05 bits per heavy atom. The summed E-state index contributed by atoms with van der Waals surface area (Å²) in [6, 6.07) is 0. The van der Waals surface area contributed by atoms with Crippen molar-refractivity contribution in [2.24, 2.45) is 5.92 Å². The molecule has 8 heteroatoms. The molecule has 0 aliphatic heterocycles. The Bertz CT molecular complexity index is 238. The third-order valence-corrected chi connectivity index (χ3v) is 3.44. The zero-order valence-electron chi connectivity index (χ0n) is 10.7. The molecule has 6 nitrogen and oxygen atoms in total. The van der Waals surface area contributed by atoms with Gasteiger partial charge in [0.2, 0.25) is 0 Å². The molecule has 1 atom stereocenters. The molecule has 2 aliphatic carbocycles. The van der Waals surface area contributed by atoms with Crippen molar-refractivity contribution < 1.29 is 30.0 Å². The maximum absolute atomic E-state index is 8.56. The normalized spacial score (nSPS) is 21.3. The maximum Gasteiger partial charge on any atom is 0.503 e. The summed E-state index contributed by atoms with van der Waals surface area (Å²) in [6.07, 6.45) is 4.80. The molecular weight excluding hydrogens is 299 g/mol. The molecule has 0 spiro atoms. The van der Waals surface area contributed by atoms with Crippen LogP contribution in [0.5, 0.6) is 0 Å². The fourth-order valence-electron chi connectivity index (χ4n) is 1.23. The molecule has 0 saturated heterocycles. The molecular formula is C11H20Cl2O6. The molecule has 0 bridgehead atoms. The summed E-state index contributed by atoms with van der Waals surface area (Å²) >= 11 is 11.1. The van der Waals surface area contributed by atoms with Crippen molar-refractivity contribution in [2.75, 3.05) is 0 Å². The highest BCUT2D eigenvalue weighted by Crippen LogP contribution is 2.52. The fraction of sp³-hybridized carbons (Fsp3) is 0.818. The predicted octanol–water partition coefficient (Wildman–Crippen LogP) is 4.60. The molecule has 0 aromatic rings. The summed E-state index contributed by atoms with van der Waals surface area (Å²) in [5.41, 5.74) is 0. The van der Waals surface area contributed by atoms with Crippen LogP contribution in [0.15, 0.2) is 0 Å². The van der Waals surface area contributed by atoms with Crippen molar-refractivity contribution >= 4 is 35.5 Å². The predicted molar refractivity (Wildman–Crippen MR) is 72.6 cm³/mol. The van der Waals surface area contributed by atoms with E-state index in [0.717, 1.165) is 6.42 Å². The number of alkyl halides is 2. The van der Waals surface area contributed by atoms with Gasteiger partial charge in [-0.1, -0.05) is 39.0 Å². The standard InChI is InChI=1S/C5H10.C4H6Cl2.2CH2O3/c1-2-4-5-3-1;1-3-2-4(3,5)6;2*2-1(3)4/h1-5H2;3H,2H2,1H3;2*(H2,2,3,4). The van der Waals surface area contributed by atoms with E-state index in [1.807, 2.05) is 6.92 Å². The fourth-order valence-corrected chi connectivity index (χ4v) is 1.70. The van der Waals surface area contributed by atoms with Crippen molar-refractivity contribution in [3.8, 4) is 0 Å². The number of hydrogen-bond donors (Lipinski definition) is 4. The highest BCUT2D eigenvalue weighted by atomic mass is 35.5. The van der Waals surface area contributed by atoms with E-state index >= 15 is 0 Å². The Morgan fingerprint density at radius 1 is 0.895 bits per heavy atom. The molecule has 0 aromatic carbocycles.